The minimum Gasteiger partial charge on any atom is -0.377 e. The Morgan fingerprint density at radius 2 is 2.10 bits per heavy atom. The Morgan fingerprint density at radius 3 is 2.40 bits per heavy atom. The van der Waals surface area contributed by atoms with Gasteiger partial charge in [-0.05, 0) is 25.9 Å². The lowest BCUT2D eigenvalue weighted by molar-refractivity contribution is -0.0259. The molecular weight excluding hydrogens is 128 g/mol. The molecule has 0 spiro atoms. The highest BCUT2D eigenvalue weighted by molar-refractivity contribution is 4.86. The zero-order chi connectivity index (χ0) is 7.45. The highest BCUT2D eigenvalue weighted by Crippen LogP contribution is 2.19. The summed E-state index contributed by atoms with van der Waals surface area (Å²) in [7, 11) is 1.75. The molecule has 3 N–H and O–H groups in total. The predicted molar refractivity (Wildman–Crippen MR) is 40.9 cm³/mol. The fourth-order valence-corrected chi connectivity index (χ4v) is 1.37. The molecule has 0 aliphatic carbocycles. The molecule has 0 saturated carbocycles. The SMILES string of the molecule is COC1(CN)CCNCC1. The fraction of sp³-hybridized carbons (Fsp3) is 1.00. The Morgan fingerprint density at radius 1 is 1.50 bits per heavy atom. The van der Waals surface area contributed by atoms with Crippen LogP contribution in [0.5, 0.6) is 0 Å². The van der Waals surface area contributed by atoms with E-state index in [1.165, 1.54) is 0 Å². The monoisotopic (exact) mass is 144 g/mol. The Labute approximate surface area is 61.9 Å². The molecule has 0 unspecified atom stereocenters. The summed E-state index contributed by atoms with van der Waals surface area (Å²) in [5, 5.41) is 3.27. The smallest absolute Gasteiger partial charge is 0.0824 e. The molecule has 1 fully saturated rings. The van der Waals surface area contributed by atoms with E-state index >= 15 is 0 Å². The minimum absolute atomic E-state index is 0.0226. The van der Waals surface area contributed by atoms with Crippen LogP contribution < -0.4 is 11.1 Å². The first-order chi connectivity index (χ1) is 4.83. The Hall–Kier alpha value is -0.120. The maximum absolute atomic E-state index is 5.60. The van der Waals surface area contributed by atoms with Gasteiger partial charge in [-0.2, -0.15) is 0 Å². The van der Waals surface area contributed by atoms with Gasteiger partial charge in [0.2, 0.25) is 0 Å². The van der Waals surface area contributed by atoms with E-state index in [9.17, 15) is 0 Å². The van der Waals surface area contributed by atoms with Crippen LogP contribution in [-0.2, 0) is 4.74 Å². The molecule has 0 amide bonds. The van der Waals surface area contributed by atoms with Crippen molar-refractivity contribution < 1.29 is 4.74 Å². The van der Waals surface area contributed by atoms with Gasteiger partial charge in [0.1, 0.15) is 0 Å². The number of piperidine rings is 1. The van der Waals surface area contributed by atoms with Gasteiger partial charge in [-0.3, -0.25) is 0 Å². The molecule has 1 rings (SSSR count). The van der Waals surface area contributed by atoms with Crippen LogP contribution in [0.2, 0.25) is 0 Å². The molecule has 0 bridgehead atoms. The van der Waals surface area contributed by atoms with E-state index in [-0.39, 0.29) is 5.60 Å². The molecule has 3 heteroatoms. The lowest BCUT2D eigenvalue weighted by atomic mass is 9.92. The van der Waals surface area contributed by atoms with Gasteiger partial charge in [0.15, 0.2) is 0 Å². The third-order valence-corrected chi connectivity index (χ3v) is 2.32. The molecule has 0 radical (unpaired) electrons. The standard InChI is InChI=1S/C7H16N2O/c1-10-7(6-8)2-4-9-5-3-7/h9H,2-6,8H2,1H3. The van der Waals surface area contributed by atoms with Gasteiger partial charge in [0, 0.05) is 13.7 Å². The summed E-state index contributed by atoms with van der Waals surface area (Å²) in [6.45, 7) is 2.71. The third-order valence-electron chi connectivity index (χ3n) is 2.32. The molecule has 1 saturated heterocycles. The molecular formula is C7H16N2O. The van der Waals surface area contributed by atoms with Crippen LogP contribution in [0.3, 0.4) is 0 Å². The summed E-state index contributed by atoms with van der Waals surface area (Å²) in [5.74, 6) is 0. The van der Waals surface area contributed by atoms with Crippen molar-refractivity contribution in [1.82, 2.24) is 5.32 Å². The van der Waals surface area contributed by atoms with Crippen LogP contribution >= 0.6 is 0 Å². The summed E-state index contributed by atoms with van der Waals surface area (Å²) in [6, 6.07) is 0. The summed E-state index contributed by atoms with van der Waals surface area (Å²) >= 11 is 0. The largest absolute Gasteiger partial charge is 0.377 e. The predicted octanol–water partition coefficient (Wildman–Crippen LogP) is -0.286. The first kappa shape index (κ1) is 7.98. The highest BCUT2D eigenvalue weighted by Gasteiger charge is 2.29. The average Bonchev–Trinajstić information content (AvgIpc) is 2.06. The van der Waals surface area contributed by atoms with Crippen molar-refractivity contribution in [3.8, 4) is 0 Å². The Kier molecular flexibility index (Phi) is 2.65. The molecule has 0 aromatic rings. The number of hydrogen-bond acceptors (Lipinski definition) is 3. The number of hydrogen-bond donors (Lipinski definition) is 2. The summed E-state index contributed by atoms with van der Waals surface area (Å²) in [6.07, 6.45) is 2.08. The third kappa shape index (κ3) is 1.48. The molecule has 60 valence electrons. The summed E-state index contributed by atoms with van der Waals surface area (Å²) in [5.41, 5.74) is 5.57. The molecule has 1 aliphatic heterocycles. The Balaban J connectivity index is 2.44. The number of methoxy groups -OCH3 is 1. The fourth-order valence-electron chi connectivity index (χ4n) is 1.37. The van der Waals surface area contributed by atoms with Crippen LogP contribution in [0.1, 0.15) is 12.8 Å². The highest BCUT2D eigenvalue weighted by atomic mass is 16.5. The van der Waals surface area contributed by atoms with Crippen molar-refractivity contribution in [2.45, 2.75) is 18.4 Å². The summed E-state index contributed by atoms with van der Waals surface area (Å²) < 4.78 is 5.36. The molecule has 3 nitrogen and oxygen atoms in total. The number of ether oxygens (including phenoxy) is 1. The normalized spacial score (nSPS) is 24.6. The Bertz CT molecular complexity index is 93.8. The maximum Gasteiger partial charge on any atom is 0.0824 e. The van der Waals surface area contributed by atoms with E-state index in [2.05, 4.69) is 5.32 Å². The average molecular weight is 144 g/mol. The van der Waals surface area contributed by atoms with Crippen LogP contribution in [-0.4, -0.2) is 32.3 Å². The van der Waals surface area contributed by atoms with Gasteiger partial charge >= 0.3 is 0 Å². The van der Waals surface area contributed by atoms with Crippen LogP contribution in [0, 0.1) is 0 Å². The minimum atomic E-state index is -0.0226. The van der Waals surface area contributed by atoms with Crippen LogP contribution in [0.4, 0.5) is 0 Å². The van der Waals surface area contributed by atoms with Crippen LogP contribution in [0.15, 0.2) is 0 Å². The topological polar surface area (TPSA) is 47.3 Å². The van der Waals surface area contributed by atoms with Crippen molar-refractivity contribution in [3.05, 3.63) is 0 Å². The van der Waals surface area contributed by atoms with E-state index in [1.54, 1.807) is 7.11 Å². The van der Waals surface area contributed by atoms with Gasteiger partial charge in [0.05, 0.1) is 5.60 Å². The van der Waals surface area contributed by atoms with Crippen molar-refractivity contribution in [1.29, 1.82) is 0 Å². The first-order valence-electron chi connectivity index (χ1n) is 3.79. The second kappa shape index (κ2) is 3.32. The second-order valence-corrected chi connectivity index (χ2v) is 2.84. The van der Waals surface area contributed by atoms with Gasteiger partial charge in [-0.25, -0.2) is 0 Å². The van der Waals surface area contributed by atoms with E-state index in [4.69, 9.17) is 10.5 Å². The van der Waals surface area contributed by atoms with Gasteiger partial charge in [-0.15, -0.1) is 0 Å². The van der Waals surface area contributed by atoms with E-state index in [0.717, 1.165) is 25.9 Å². The van der Waals surface area contributed by atoms with E-state index in [1.807, 2.05) is 0 Å². The number of rotatable bonds is 2. The van der Waals surface area contributed by atoms with Crippen molar-refractivity contribution in [2.24, 2.45) is 5.73 Å². The zero-order valence-electron chi connectivity index (χ0n) is 6.52. The van der Waals surface area contributed by atoms with E-state index in [0.29, 0.717) is 6.54 Å². The van der Waals surface area contributed by atoms with E-state index < -0.39 is 0 Å². The molecule has 1 aliphatic rings. The van der Waals surface area contributed by atoms with Gasteiger partial charge in [0.25, 0.3) is 0 Å². The van der Waals surface area contributed by atoms with Crippen molar-refractivity contribution in [2.75, 3.05) is 26.7 Å². The second-order valence-electron chi connectivity index (χ2n) is 2.84. The molecule has 10 heavy (non-hydrogen) atoms. The van der Waals surface area contributed by atoms with Gasteiger partial charge in [-0.1, -0.05) is 0 Å². The lowest BCUT2D eigenvalue weighted by Crippen LogP contribution is -2.48. The van der Waals surface area contributed by atoms with Crippen molar-refractivity contribution in [3.63, 3.8) is 0 Å². The lowest BCUT2D eigenvalue weighted by Gasteiger charge is -2.35. The summed E-state index contributed by atoms with van der Waals surface area (Å²) in [4.78, 5) is 0. The van der Waals surface area contributed by atoms with Crippen LogP contribution in [0.25, 0.3) is 0 Å². The quantitative estimate of drug-likeness (QED) is 0.560. The number of nitrogens with one attached hydrogen (secondary N) is 1. The first-order valence-corrected chi connectivity index (χ1v) is 3.79. The molecule has 0 aromatic heterocycles. The molecule has 0 aromatic carbocycles. The molecule has 1 heterocycles. The number of nitrogens with two attached hydrogens (primary N) is 1. The molecule has 0 atom stereocenters. The maximum atomic E-state index is 5.60. The van der Waals surface area contributed by atoms with Crippen molar-refractivity contribution >= 4 is 0 Å². The zero-order valence-corrected chi connectivity index (χ0v) is 6.52. The van der Waals surface area contributed by atoms with Gasteiger partial charge < -0.3 is 15.8 Å².